The Balaban J connectivity index is 1.67. The number of hydrogen-bond donors (Lipinski definition) is 1. The molecule has 2 heterocycles. The van der Waals surface area contributed by atoms with Gasteiger partial charge in [0.15, 0.2) is 5.65 Å². The van der Waals surface area contributed by atoms with Gasteiger partial charge in [-0.2, -0.15) is 11.8 Å². The van der Waals surface area contributed by atoms with Crippen molar-refractivity contribution in [2.24, 2.45) is 0 Å². The zero-order chi connectivity index (χ0) is 13.2. The SMILES string of the molecule is CSC1CCC(NCc2cnc3cnc(Br)cn23)C1. The molecule has 0 saturated heterocycles. The average molecular weight is 341 g/mol. The molecule has 0 radical (unpaired) electrons. The van der Waals surface area contributed by atoms with Gasteiger partial charge in [-0.25, -0.2) is 9.97 Å². The molecule has 0 aliphatic heterocycles. The molecular weight excluding hydrogens is 324 g/mol. The predicted octanol–water partition coefficient (Wildman–Crippen LogP) is 2.87. The standard InChI is InChI=1S/C13H17BrN4S/c1-19-11-3-2-9(4-11)15-5-10-6-17-13-7-16-12(14)8-18(10)13/h6-9,11,15H,2-5H2,1H3. The Morgan fingerprint density at radius 1 is 1.42 bits per heavy atom. The fourth-order valence-corrected chi connectivity index (χ4v) is 3.74. The number of nitrogens with zero attached hydrogens (tertiary/aromatic N) is 3. The lowest BCUT2D eigenvalue weighted by Crippen LogP contribution is -2.26. The molecule has 1 fully saturated rings. The zero-order valence-electron chi connectivity index (χ0n) is 10.8. The van der Waals surface area contributed by atoms with Crippen LogP contribution in [-0.2, 0) is 6.54 Å². The molecule has 1 aliphatic rings. The van der Waals surface area contributed by atoms with Gasteiger partial charge in [0.2, 0.25) is 0 Å². The van der Waals surface area contributed by atoms with Crippen molar-refractivity contribution in [3.63, 3.8) is 0 Å². The van der Waals surface area contributed by atoms with E-state index in [1.807, 2.05) is 24.2 Å². The number of fused-ring (bicyclic) bond motifs is 1. The molecule has 2 aromatic heterocycles. The van der Waals surface area contributed by atoms with E-state index in [0.717, 1.165) is 22.0 Å². The highest BCUT2D eigenvalue weighted by Crippen LogP contribution is 2.28. The van der Waals surface area contributed by atoms with E-state index in [4.69, 9.17) is 0 Å². The Labute approximate surface area is 125 Å². The molecule has 1 aliphatic carbocycles. The summed E-state index contributed by atoms with van der Waals surface area (Å²) in [6.07, 6.45) is 11.8. The summed E-state index contributed by atoms with van der Waals surface area (Å²) in [5.41, 5.74) is 2.08. The Kier molecular flexibility index (Phi) is 4.10. The second-order valence-electron chi connectivity index (χ2n) is 4.94. The molecule has 0 amide bonds. The van der Waals surface area contributed by atoms with Gasteiger partial charge >= 0.3 is 0 Å². The first-order valence-electron chi connectivity index (χ1n) is 6.50. The first-order chi connectivity index (χ1) is 9.26. The maximum atomic E-state index is 4.37. The second kappa shape index (κ2) is 5.81. The van der Waals surface area contributed by atoms with Crippen molar-refractivity contribution in [3.05, 3.63) is 28.9 Å². The van der Waals surface area contributed by atoms with E-state index in [2.05, 4.69) is 41.9 Å². The van der Waals surface area contributed by atoms with Gasteiger partial charge in [-0.3, -0.25) is 4.40 Å². The first kappa shape index (κ1) is 13.4. The lowest BCUT2D eigenvalue weighted by Gasteiger charge is -2.12. The molecular formula is C13H17BrN4S. The summed E-state index contributed by atoms with van der Waals surface area (Å²) < 4.78 is 2.92. The summed E-state index contributed by atoms with van der Waals surface area (Å²) in [7, 11) is 0. The second-order valence-corrected chi connectivity index (χ2v) is 6.89. The lowest BCUT2D eigenvalue weighted by atomic mass is 10.2. The van der Waals surface area contributed by atoms with E-state index in [9.17, 15) is 0 Å². The quantitative estimate of drug-likeness (QED) is 0.929. The van der Waals surface area contributed by atoms with Crippen LogP contribution in [0.1, 0.15) is 25.0 Å². The van der Waals surface area contributed by atoms with Crippen molar-refractivity contribution in [1.29, 1.82) is 0 Å². The summed E-state index contributed by atoms with van der Waals surface area (Å²) in [6, 6.07) is 0.647. The van der Waals surface area contributed by atoms with Gasteiger partial charge in [0.25, 0.3) is 0 Å². The third kappa shape index (κ3) is 2.95. The van der Waals surface area contributed by atoms with E-state index >= 15 is 0 Å². The molecule has 102 valence electrons. The van der Waals surface area contributed by atoms with E-state index in [0.29, 0.717) is 6.04 Å². The van der Waals surface area contributed by atoms with Gasteiger partial charge in [-0.15, -0.1) is 0 Å². The minimum atomic E-state index is 0.647. The summed E-state index contributed by atoms with van der Waals surface area (Å²) in [4.78, 5) is 8.56. The van der Waals surface area contributed by atoms with Crippen LogP contribution in [0.3, 0.4) is 0 Å². The zero-order valence-corrected chi connectivity index (χ0v) is 13.2. The Hall–Kier alpha value is -0.590. The van der Waals surface area contributed by atoms with Gasteiger partial charge < -0.3 is 5.32 Å². The summed E-state index contributed by atoms with van der Waals surface area (Å²) >= 11 is 5.39. The molecule has 1 saturated carbocycles. The lowest BCUT2D eigenvalue weighted by molar-refractivity contribution is 0.519. The molecule has 0 bridgehead atoms. The highest BCUT2D eigenvalue weighted by atomic mass is 79.9. The summed E-state index contributed by atoms with van der Waals surface area (Å²) in [5.74, 6) is 0. The van der Waals surface area contributed by atoms with Crippen molar-refractivity contribution in [2.75, 3.05) is 6.26 Å². The number of rotatable bonds is 4. The highest BCUT2D eigenvalue weighted by Gasteiger charge is 2.23. The molecule has 19 heavy (non-hydrogen) atoms. The van der Waals surface area contributed by atoms with Crippen molar-refractivity contribution in [2.45, 2.75) is 37.1 Å². The van der Waals surface area contributed by atoms with Crippen LogP contribution in [0.5, 0.6) is 0 Å². The van der Waals surface area contributed by atoms with Crippen molar-refractivity contribution in [3.8, 4) is 0 Å². The molecule has 4 nitrogen and oxygen atoms in total. The molecule has 2 aromatic rings. The van der Waals surface area contributed by atoms with Gasteiger partial charge in [0.05, 0.1) is 18.1 Å². The summed E-state index contributed by atoms with van der Waals surface area (Å²) in [5, 5.41) is 4.48. The molecule has 0 spiro atoms. The van der Waals surface area contributed by atoms with E-state index < -0.39 is 0 Å². The van der Waals surface area contributed by atoms with Crippen LogP contribution in [0.2, 0.25) is 0 Å². The van der Waals surface area contributed by atoms with Crippen LogP contribution in [0.25, 0.3) is 5.65 Å². The Morgan fingerprint density at radius 2 is 2.32 bits per heavy atom. The molecule has 2 atom stereocenters. The largest absolute Gasteiger partial charge is 0.308 e. The number of nitrogens with one attached hydrogen (secondary N) is 1. The van der Waals surface area contributed by atoms with Crippen LogP contribution >= 0.6 is 27.7 Å². The molecule has 0 aromatic carbocycles. The fourth-order valence-electron chi connectivity index (χ4n) is 2.64. The number of aromatic nitrogens is 3. The Bertz CT molecular complexity index is 571. The van der Waals surface area contributed by atoms with Gasteiger partial charge in [0.1, 0.15) is 4.60 Å². The minimum absolute atomic E-state index is 0.647. The number of thioether (sulfide) groups is 1. The maximum Gasteiger partial charge on any atom is 0.155 e. The third-order valence-electron chi connectivity index (χ3n) is 3.73. The predicted molar refractivity (Wildman–Crippen MR) is 82.5 cm³/mol. The molecule has 2 unspecified atom stereocenters. The van der Waals surface area contributed by atoms with Gasteiger partial charge in [-0.05, 0) is 41.4 Å². The van der Waals surface area contributed by atoms with E-state index in [1.165, 1.54) is 25.0 Å². The van der Waals surface area contributed by atoms with Crippen LogP contribution in [0.4, 0.5) is 0 Å². The van der Waals surface area contributed by atoms with Crippen LogP contribution in [0, 0.1) is 0 Å². The number of halogens is 1. The van der Waals surface area contributed by atoms with E-state index in [1.54, 1.807) is 6.20 Å². The highest BCUT2D eigenvalue weighted by molar-refractivity contribution is 9.10. The van der Waals surface area contributed by atoms with Gasteiger partial charge in [-0.1, -0.05) is 0 Å². The summed E-state index contributed by atoms with van der Waals surface area (Å²) in [6.45, 7) is 0.864. The number of imidazole rings is 1. The monoisotopic (exact) mass is 340 g/mol. The van der Waals surface area contributed by atoms with Crippen LogP contribution in [0.15, 0.2) is 23.2 Å². The third-order valence-corrected chi connectivity index (χ3v) is 5.24. The topological polar surface area (TPSA) is 42.2 Å². The smallest absolute Gasteiger partial charge is 0.155 e. The minimum Gasteiger partial charge on any atom is -0.308 e. The van der Waals surface area contributed by atoms with Crippen LogP contribution < -0.4 is 5.32 Å². The van der Waals surface area contributed by atoms with Crippen LogP contribution in [-0.4, -0.2) is 31.9 Å². The molecule has 6 heteroatoms. The Morgan fingerprint density at radius 3 is 3.11 bits per heavy atom. The first-order valence-corrected chi connectivity index (χ1v) is 8.58. The van der Waals surface area contributed by atoms with Crippen molar-refractivity contribution in [1.82, 2.24) is 19.7 Å². The average Bonchev–Trinajstić information content (AvgIpc) is 3.02. The molecule has 3 rings (SSSR count). The maximum absolute atomic E-state index is 4.37. The fraction of sp³-hybridized carbons (Fsp3) is 0.538. The van der Waals surface area contributed by atoms with Crippen molar-refractivity contribution >= 4 is 33.3 Å². The van der Waals surface area contributed by atoms with Gasteiger partial charge in [0, 0.05) is 24.0 Å². The van der Waals surface area contributed by atoms with Crippen molar-refractivity contribution < 1.29 is 0 Å². The normalized spacial score (nSPS) is 23.3. The molecule has 1 N–H and O–H groups in total. The van der Waals surface area contributed by atoms with E-state index in [-0.39, 0.29) is 0 Å². The number of hydrogen-bond acceptors (Lipinski definition) is 4.